The number of pyridine rings is 1. The SMILES string of the molecule is Cc1ncc(NC(=O)NCC2CCN(C(C)C)CC2)cc1N. The molecule has 1 aromatic rings. The number of nitrogen functional groups attached to an aromatic ring is 1. The van der Waals surface area contributed by atoms with Crippen LogP contribution in [0.5, 0.6) is 0 Å². The van der Waals surface area contributed by atoms with Crippen molar-refractivity contribution in [2.75, 3.05) is 30.7 Å². The molecule has 0 spiro atoms. The Hall–Kier alpha value is -1.82. The number of piperidine rings is 1. The summed E-state index contributed by atoms with van der Waals surface area (Å²) in [6.45, 7) is 9.24. The van der Waals surface area contributed by atoms with Gasteiger partial charge in [0.25, 0.3) is 0 Å². The summed E-state index contributed by atoms with van der Waals surface area (Å²) < 4.78 is 0. The minimum absolute atomic E-state index is 0.198. The number of amides is 2. The lowest BCUT2D eigenvalue weighted by molar-refractivity contribution is 0.149. The number of carbonyl (C=O) groups excluding carboxylic acids is 1. The summed E-state index contributed by atoms with van der Waals surface area (Å²) in [5.74, 6) is 0.557. The number of nitrogens with one attached hydrogen (secondary N) is 2. The molecule has 2 heterocycles. The van der Waals surface area contributed by atoms with Crippen molar-refractivity contribution >= 4 is 17.4 Å². The van der Waals surface area contributed by atoms with E-state index in [1.807, 2.05) is 6.92 Å². The number of hydrogen-bond acceptors (Lipinski definition) is 4. The zero-order valence-corrected chi connectivity index (χ0v) is 13.7. The van der Waals surface area contributed by atoms with E-state index in [-0.39, 0.29) is 6.03 Å². The van der Waals surface area contributed by atoms with E-state index < -0.39 is 0 Å². The van der Waals surface area contributed by atoms with Crippen LogP contribution in [0.3, 0.4) is 0 Å². The number of aromatic nitrogens is 1. The van der Waals surface area contributed by atoms with Gasteiger partial charge in [-0.3, -0.25) is 4.98 Å². The normalized spacial score (nSPS) is 16.7. The predicted octanol–water partition coefficient (Wildman–Crippen LogP) is 2.21. The summed E-state index contributed by atoms with van der Waals surface area (Å²) in [7, 11) is 0. The first-order valence-corrected chi connectivity index (χ1v) is 7.96. The molecule has 0 bridgehead atoms. The molecule has 2 amide bonds. The average molecular weight is 305 g/mol. The summed E-state index contributed by atoms with van der Waals surface area (Å²) >= 11 is 0. The highest BCUT2D eigenvalue weighted by molar-refractivity contribution is 5.89. The van der Waals surface area contributed by atoms with Gasteiger partial charge in [-0.25, -0.2) is 4.79 Å². The van der Waals surface area contributed by atoms with Gasteiger partial charge in [0.15, 0.2) is 0 Å². The summed E-state index contributed by atoms with van der Waals surface area (Å²) in [5, 5.41) is 5.72. The Balaban J connectivity index is 1.73. The van der Waals surface area contributed by atoms with Crippen molar-refractivity contribution in [2.45, 2.75) is 39.7 Å². The Morgan fingerprint density at radius 3 is 2.73 bits per heavy atom. The molecule has 2 rings (SSSR count). The monoisotopic (exact) mass is 305 g/mol. The molecule has 0 unspecified atom stereocenters. The Morgan fingerprint density at radius 1 is 1.45 bits per heavy atom. The van der Waals surface area contributed by atoms with Crippen molar-refractivity contribution in [3.05, 3.63) is 18.0 Å². The number of nitrogens with zero attached hydrogens (tertiary/aromatic N) is 2. The molecule has 1 aliphatic rings. The predicted molar refractivity (Wildman–Crippen MR) is 89.8 cm³/mol. The van der Waals surface area contributed by atoms with Gasteiger partial charge in [-0.15, -0.1) is 0 Å². The Labute approximate surface area is 132 Å². The molecule has 4 N–H and O–H groups in total. The molecule has 6 nitrogen and oxygen atoms in total. The first-order valence-electron chi connectivity index (χ1n) is 7.96. The topological polar surface area (TPSA) is 83.3 Å². The molecule has 1 aliphatic heterocycles. The van der Waals surface area contributed by atoms with E-state index in [9.17, 15) is 4.79 Å². The molecule has 0 saturated carbocycles. The second kappa shape index (κ2) is 7.45. The molecular formula is C16H27N5O. The van der Waals surface area contributed by atoms with Crippen LogP contribution >= 0.6 is 0 Å². The summed E-state index contributed by atoms with van der Waals surface area (Å²) in [4.78, 5) is 18.5. The smallest absolute Gasteiger partial charge is 0.319 e. The van der Waals surface area contributed by atoms with Crippen molar-refractivity contribution < 1.29 is 4.79 Å². The van der Waals surface area contributed by atoms with Crippen LogP contribution in [0.4, 0.5) is 16.2 Å². The van der Waals surface area contributed by atoms with Crippen molar-refractivity contribution in [3.63, 3.8) is 0 Å². The van der Waals surface area contributed by atoms with Crippen molar-refractivity contribution in [1.29, 1.82) is 0 Å². The zero-order valence-electron chi connectivity index (χ0n) is 13.7. The lowest BCUT2D eigenvalue weighted by Crippen LogP contribution is -2.42. The fourth-order valence-corrected chi connectivity index (χ4v) is 2.70. The van der Waals surface area contributed by atoms with Crippen molar-refractivity contribution in [1.82, 2.24) is 15.2 Å². The van der Waals surface area contributed by atoms with E-state index in [1.165, 1.54) is 0 Å². The van der Waals surface area contributed by atoms with Crippen LogP contribution < -0.4 is 16.4 Å². The van der Waals surface area contributed by atoms with Crippen LogP contribution in [0, 0.1) is 12.8 Å². The molecule has 1 fully saturated rings. The first-order chi connectivity index (χ1) is 10.5. The van der Waals surface area contributed by atoms with E-state index in [1.54, 1.807) is 12.3 Å². The molecular weight excluding hydrogens is 278 g/mol. The van der Waals surface area contributed by atoms with Crippen LogP contribution in [-0.2, 0) is 0 Å². The maximum absolute atomic E-state index is 11.9. The Kier molecular flexibility index (Phi) is 5.60. The average Bonchev–Trinajstić information content (AvgIpc) is 2.49. The standard InChI is InChI=1S/C16H27N5O/c1-11(2)21-6-4-13(5-7-21)9-19-16(22)20-14-8-15(17)12(3)18-10-14/h8,10-11,13H,4-7,9,17H2,1-3H3,(H2,19,20,22). The summed E-state index contributed by atoms with van der Waals surface area (Å²) in [5.41, 5.74) is 7.76. The Morgan fingerprint density at radius 2 is 2.14 bits per heavy atom. The number of rotatable bonds is 4. The van der Waals surface area contributed by atoms with E-state index in [2.05, 4.69) is 34.4 Å². The Bertz CT molecular complexity index is 509. The number of carbonyl (C=O) groups is 1. The van der Waals surface area contributed by atoms with Gasteiger partial charge in [0.2, 0.25) is 0 Å². The highest BCUT2D eigenvalue weighted by atomic mass is 16.2. The van der Waals surface area contributed by atoms with Gasteiger partial charge in [0, 0.05) is 12.6 Å². The molecule has 122 valence electrons. The molecule has 22 heavy (non-hydrogen) atoms. The van der Waals surface area contributed by atoms with Gasteiger partial charge in [-0.2, -0.15) is 0 Å². The van der Waals surface area contributed by atoms with Gasteiger partial charge >= 0.3 is 6.03 Å². The fourth-order valence-electron chi connectivity index (χ4n) is 2.70. The van der Waals surface area contributed by atoms with Crippen LogP contribution in [0.25, 0.3) is 0 Å². The van der Waals surface area contributed by atoms with E-state index >= 15 is 0 Å². The lowest BCUT2D eigenvalue weighted by atomic mass is 9.96. The van der Waals surface area contributed by atoms with Gasteiger partial charge in [-0.05, 0) is 58.7 Å². The maximum atomic E-state index is 11.9. The minimum atomic E-state index is -0.198. The summed E-state index contributed by atoms with van der Waals surface area (Å²) in [6.07, 6.45) is 3.89. The third-order valence-electron chi connectivity index (χ3n) is 4.31. The van der Waals surface area contributed by atoms with Crippen molar-refractivity contribution in [2.24, 2.45) is 5.92 Å². The van der Waals surface area contributed by atoms with E-state index in [4.69, 9.17) is 5.73 Å². The molecule has 0 radical (unpaired) electrons. The summed E-state index contributed by atoms with van der Waals surface area (Å²) in [6, 6.07) is 2.14. The molecule has 1 saturated heterocycles. The van der Waals surface area contributed by atoms with Crippen LogP contribution in [0.15, 0.2) is 12.3 Å². The molecule has 0 atom stereocenters. The number of aryl methyl sites for hydroxylation is 1. The number of anilines is 2. The second-order valence-electron chi connectivity index (χ2n) is 6.31. The fraction of sp³-hybridized carbons (Fsp3) is 0.625. The number of nitrogens with two attached hydrogens (primary N) is 1. The lowest BCUT2D eigenvalue weighted by Gasteiger charge is -2.34. The molecule has 0 aromatic carbocycles. The van der Waals surface area contributed by atoms with Gasteiger partial charge in [0.1, 0.15) is 0 Å². The van der Waals surface area contributed by atoms with Crippen LogP contribution in [0.2, 0.25) is 0 Å². The van der Waals surface area contributed by atoms with Gasteiger partial charge in [-0.1, -0.05) is 0 Å². The minimum Gasteiger partial charge on any atom is -0.397 e. The molecule has 0 aliphatic carbocycles. The quantitative estimate of drug-likeness (QED) is 0.796. The van der Waals surface area contributed by atoms with Gasteiger partial charge in [0.05, 0.1) is 23.3 Å². The first kappa shape index (κ1) is 16.5. The molecule has 6 heteroatoms. The number of hydrogen-bond donors (Lipinski definition) is 3. The zero-order chi connectivity index (χ0) is 16.1. The third kappa shape index (κ3) is 4.59. The van der Waals surface area contributed by atoms with Crippen LogP contribution in [-0.4, -0.2) is 41.6 Å². The van der Waals surface area contributed by atoms with Crippen molar-refractivity contribution in [3.8, 4) is 0 Å². The van der Waals surface area contributed by atoms with E-state index in [0.717, 1.165) is 31.6 Å². The van der Waals surface area contributed by atoms with E-state index in [0.29, 0.717) is 29.9 Å². The number of urea groups is 1. The number of likely N-dealkylation sites (tertiary alicyclic amines) is 1. The maximum Gasteiger partial charge on any atom is 0.319 e. The van der Waals surface area contributed by atoms with Gasteiger partial charge < -0.3 is 21.3 Å². The largest absolute Gasteiger partial charge is 0.397 e. The third-order valence-corrected chi connectivity index (χ3v) is 4.31. The second-order valence-corrected chi connectivity index (χ2v) is 6.31. The van der Waals surface area contributed by atoms with Crippen LogP contribution in [0.1, 0.15) is 32.4 Å². The highest BCUT2D eigenvalue weighted by Gasteiger charge is 2.21. The molecule has 1 aromatic heterocycles. The highest BCUT2D eigenvalue weighted by Crippen LogP contribution is 2.18.